The lowest BCUT2D eigenvalue weighted by atomic mass is 9.93. The molecule has 0 N–H and O–H groups in total. The Kier molecular flexibility index (Phi) is 4.58. The summed E-state index contributed by atoms with van der Waals surface area (Å²) in [6.45, 7) is 12.7. The molecule has 0 aliphatic rings. The second-order valence-corrected chi connectivity index (χ2v) is 10.2. The molecule has 0 aliphatic heterocycles. The van der Waals surface area contributed by atoms with Crippen LogP contribution in [0.15, 0.2) is 65.3 Å². The fraction of sp³-hybridized carbons (Fsp3) is 0.241. The number of aryl methyl sites for hydroxylation is 2. The fourth-order valence-corrected chi connectivity index (χ4v) is 4.80. The first-order valence-corrected chi connectivity index (χ1v) is 11.9. The molecule has 0 atom stereocenters. The summed E-state index contributed by atoms with van der Waals surface area (Å²) in [6.07, 6.45) is 3.80. The van der Waals surface area contributed by atoms with Gasteiger partial charge in [-0.1, -0.05) is 45.0 Å². The number of aromatic nitrogens is 5. The highest BCUT2D eigenvalue weighted by Gasteiger charge is 2.31. The number of fused-ring (bicyclic) bond motifs is 4. The van der Waals surface area contributed by atoms with Gasteiger partial charge in [-0.25, -0.2) is 9.55 Å². The maximum Gasteiger partial charge on any atom is 0.327 e. The summed E-state index contributed by atoms with van der Waals surface area (Å²) >= 11 is 0. The number of pyridine rings is 1. The highest BCUT2D eigenvalue weighted by molar-refractivity contribution is 6.07. The predicted octanol–water partition coefficient (Wildman–Crippen LogP) is 6.21. The minimum Gasteiger partial charge on any atom is -0.452 e. The maximum atomic E-state index is 6.48. The van der Waals surface area contributed by atoms with Crippen molar-refractivity contribution in [2.24, 2.45) is 0 Å². The topological polar surface area (TPSA) is 60.6 Å². The van der Waals surface area contributed by atoms with Crippen LogP contribution in [-0.2, 0) is 5.41 Å². The van der Waals surface area contributed by atoms with Gasteiger partial charge < -0.3 is 4.42 Å². The molecule has 0 aliphatic carbocycles. The van der Waals surface area contributed by atoms with E-state index in [1.54, 1.807) is 0 Å². The molecule has 0 amide bonds. The molecular formula is C29H28N5O+. The Morgan fingerprint density at radius 1 is 0.886 bits per heavy atom. The molecule has 4 aromatic heterocycles. The monoisotopic (exact) mass is 462 g/mol. The largest absolute Gasteiger partial charge is 0.452 e. The van der Waals surface area contributed by atoms with Crippen molar-refractivity contribution in [3.05, 3.63) is 83.7 Å². The maximum absolute atomic E-state index is 6.48. The van der Waals surface area contributed by atoms with Crippen LogP contribution in [0.4, 0.5) is 0 Å². The molecular weight excluding hydrogens is 434 g/mol. The standard InChI is InChI=1S/C29H28N5O/c1-17-12-13-21-22-15-30-18(2)14-23(22)35-26(21)25(17)34-19(3)33(20-10-8-7-9-11-20)28-27(34)31-16-24(32-28)29(4,5)6/h7-16H,1-6H3/q+1. The van der Waals surface area contributed by atoms with Gasteiger partial charge in [0, 0.05) is 41.1 Å². The van der Waals surface area contributed by atoms with Gasteiger partial charge >= 0.3 is 5.65 Å². The van der Waals surface area contributed by atoms with E-state index in [9.17, 15) is 0 Å². The van der Waals surface area contributed by atoms with Crippen molar-refractivity contribution in [1.29, 1.82) is 0 Å². The zero-order chi connectivity index (χ0) is 24.5. The molecule has 35 heavy (non-hydrogen) atoms. The Labute approximate surface area is 203 Å². The Hall–Kier alpha value is -4.06. The van der Waals surface area contributed by atoms with Gasteiger partial charge in [-0.3, -0.25) is 4.98 Å². The van der Waals surface area contributed by atoms with Gasteiger partial charge in [-0.15, -0.1) is 4.98 Å². The Morgan fingerprint density at radius 3 is 2.40 bits per heavy atom. The highest BCUT2D eigenvalue weighted by Crippen LogP contribution is 2.34. The highest BCUT2D eigenvalue weighted by atomic mass is 16.3. The van der Waals surface area contributed by atoms with Gasteiger partial charge in [0.15, 0.2) is 11.3 Å². The van der Waals surface area contributed by atoms with E-state index in [0.29, 0.717) is 0 Å². The lowest BCUT2D eigenvalue weighted by Gasteiger charge is -2.15. The summed E-state index contributed by atoms with van der Waals surface area (Å²) < 4.78 is 10.8. The van der Waals surface area contributed by atoms with Gasteiger partial charge in [0.25, 0.3) is 5.65 Å². The summed E-state index contributed by atoms with van der Waals surface area (Å²) in [5.74, 6) is 1.00. The van der Waals surface area contributed by atoms with Crippen LogP contribution >= 0.6 is 0 Å². The molecule has 0 bridgehead atoms. The molecule has 4 heterocycles. The molecule has 6 heteroatoms. The van der Waals surface area contributed by atoms with Crippen molar-refractivity contribution in [1.82, 2.24) is 19.5 Å². The SMILES string of the molecule is Cc1cc2oc3c(-[n+]4c(C)n(-c5ccccc5)c5nc(C(C)(C)C)cnc54)c(C)ccc3c2cn1. The third-order valence-electron chi connectivity index (χ3n) is 6.65. The zero-order valence-corrected chi connectivity index (χ0v) is 20.9. The van der Waals surface area contributed by atoms with Crippen LogP contribution in [0.3, 0.4) is 0 Å². The molecule has 0 fully saturated rings. The first-order valence-electron chi connectivity index (χ1n) is 11.9. The summed E-state index contributed by atoms with van der Waals surface area (Å²) in [5.41, 5.74) is 8.17. The smallest absolute Gasteiger partial charge is 0.327 e. The van der Waals surface area contributed by atoms with Crippen molar-refractivity contribution >= 4 is 33.2 Å². The van der Waals surface area contributed by atoms with Crippen LogP contribution in [0.5, 0.6) is 0 Å². The first kappa shape index (κ1) is 21.5. The molecule has 0 saturated heterocycles. The van der Waals surface area contributed by atoms with Crippen LogP contribution in [0, 0.1) is 20.8 Å². The third kappa shape index (κ3) is 3.24. The Bertz CT molecular complexity index is 1750. The number of para-hydroxylation sites is 1. The molecule has 0 radical (unpaired) electrons. The van der Waals surface area contributed by atoms with E-state index in [4.69, 9.17) is 14.4 Å². The predicted molar refractivity (Wildman–Crippen MR) is 138 cm³/mol. The summed E-state index contributed by atoms with van der Waals surface area (Å²) in [6, 6.07) is 16.6. The summed E-state index contributed by atoms with van der Waals surface area (Å²) in [7, 11) is 0. The van der Waals surface area contributed by atoms with Gasteiger partial charge in [0.1, 0.15) is 17.5 Å². The van der Waals surface area contributed by atoms with Gasteiger partial charge in [-0.2, -0.15) is 4.57 Å². The molecule has 6 aromatic rings. The first-order chi connectivity index (χ1) is 16.7. The van der Waals surface area contributed by atoms with E-state index < -0.39 is 0 Å². The molecule has 2 aromatic carbocycles. The average Bonchev–Trinajstić information content (AvgIpc) is 3.32. The van der Waals surface area contributed by atoms with E-state index in [1.807, 2.05) is 43.6 Å². The van der Waals surface area contributed by atoms with Gasteiger partial charge in [-0.05, 0) is 37.6 Å². The van der Waals surface area contributed by atoms with Crippen LogP contribution in [0.2, 0.25) is 0 Å². The molecule has 0 unspecified atom stereocenters. The molecule has 174 valence electrons. The minimum atomic E-state index is -0.120. The lowest BCUT2D eigenvalue weighted by Crippen LogP contribution is -2.35. The number of imidazole rings is 1. The summed E-state index contributed by atoms with van der Waals surface area (Å²) in [4.78, 5) is 14.6. The summed E-state index contributed by atoms with van der Waals surface area (Å²) in [5, 5.41) is 2.05. The number of nitrogens with zero attached hydrogens (tertiary/aromatic N) is 5. The molecule has 0 saturated carbocycles. The number of rotatable bonds is 2. The fourth-order valence-electron chi connectivity index (χ4n) is 4.80. The van der Waals surface area contributed by atoms with Gasteiger partial charge in [0.05, 0.1) is 5.69 Å². The van der Waals surface area contributed by atoms with Crippen molar-refractivity contribution in [3.8, 4) is 11.4 Å². The molecule has 6 nitrogen and oxygen atoms in total. The van der Waals surface area contributed by atoms with E-state index in [-0.39, 0.29) is 5.41 Å². The van der Waals surface area contributed by atoms with Crippen LogP contribution in [0.1, 0.15) is 43.5 Å². The number of hydrogen-bond acceptors (Lipinski definition) is 4. The normalized spacial score (nSPS) is 12.3. The van der Waals surface area contributed by atoms with Crippen LogP contribution in [0.25, 0.3) is 44.6 Å². The van der Waals surface area contributed by atoms with Crippen LogP contribution in [-0.4, -0.2) is 19.5 Å². The van der Waals surface area contributed by atoms with Crippen molar-refractivity contribution in [2.45, 2.75) is 47.0 Å². The number of benzene rings is 2. The zero-order valence-electron chi connectivity index (χ0n) is 20.9. The van der Waals surface area contributed by atoms with E-state index in [2.05, 4.69) is 73.0 Å². The van der Waals surface area contributed by atoms with E-state index in [0.717, 1.165) is 67.4 Å². The van der Waals surface area contributed by atoms with Crippen molar-refractivity contribution < 1.29 is 8.98 Å². The average molecular weight is 463 g/mol. The van der Waals surface area contributed by atoms with Gasteiger partial charge in [0.2, 0.25) is 5.82 Å². The quantitative estimate of drug-likeness (QED) is 0.287. The second kappa shape index (κ2) is 7.47. The van der Waals surface area contributed by atoms with Crippen molar-refractivity contribution in [3.63, 3.8) is 0 Å². The minimum absolute atomic E-state index is 0.120. The van der Waals surface area contributed by atoms with Crippen LogP contribution < -0.4 is 4.57 Å². The Morgan fingerprint density at radius 2 is 1.66 bits per heavy atom. The second-order valence-electron chi connectivity index (χ2n) is 10.2. The number of furan rings is 1. The molecule has 6 rings (SSSR count). The Balaban J connectivity index is 1.76. The van der Waals surface area contributed by atoms with E-state index >= 15 is 0 Å². The van der Waals surface area contributed by atoms with Crippen molar-refractivity contribution in [2.75, 3.05) is 0 Å². The number of hydrogen-bond donors (Lipinski definition) is 0. The lowest BCUT2D eigenvalue weighted by molar-refractivity contribution is -0.576. The molecule has 0 spiro atoms. The third-order valence-corrected chi connectivity index (χ3v) is 6.65. The van der Waals surface area contributed by atoms with E-state index in [1.165, 1.54) is 0 Å².